The average Bonchev–Trinajstić information content (AvgIpc) is 2.76. The number of hydrogen-bond donors (Lipinski definition) is 2. The lowest BCUT2D eigenvalue weighted by atomic mass is 9.87. The van der Waals surface area contributed by atoms with E-state index in [1.54, 1.807) is 52.0 Å². The third kappa shape index (κ3) is 7.61. The van der Waals surface area contributed by atoms with Crippen molar-refractivity contribution in [1.29, 1.82) is 0 Å². The molecule has 0 spiro atoms. The van der Waals surface area contributed by atoms with Crippen LogP contribution in [0.3, 0.4) is 0 Å². The summed E-state index contributed by atoms with van der Waals surface area (Å²) in [5.74, 6) is -5.74. The summed E-state index contributed by atoms with van der Waals surface area (Å²) in [6.07, 6.45) is 0.164. The zero-order chi connectivity index (χ0) is 27.5. The summed E-state index contributed by atoms with van der Waals surface area (Å²) in [6, 6.07) is 7.41. The number of aromatic nitrogens is 1. The van der Waals surface area contributed by atoms with Gasteiger partial charge in [-0.3, -0.25) is 14.9 Å². The number of amides is 3. The molecule has 1 aromatic carbocycles. The van der Waals surface area contributed by atoms with Crippen LogP contribution in [-0.2, 0) is 20.7 Å². The van der Waals surface area contributed by atoms with E-state index in [-0.39, 0.29) is 24.5 Å². The molecule has 0 radical (unpaired) electrons. The Kier molecular flexibility index (Phi) is 8.42. The molecule has 1 aromatic heterocycles. The molecule has 1 unspecified atom stereocenters. The SMILES string of the molecule is Cc1cc(NC(=O)C(=O)N2C[C@@H](C)C(F)(F)CC2Cc2cccc(Cl)c2)cnc1NC(=O)OC(C)(C)C. The molecule has 3 amide bonds. The molecule has 2 atom stereocenters. The predicted octanol–water partition coefficient (Wildman–Crippen LogP) is 5.44. The summed E-state index contributed by atoms with van der Waals surface area (Å²) < 4.78 is 34.3. The van der Waals surface area contributed by atoms with Crippen molar-refractivity contribution >= 4 is 41.0 Å². The molecule has 0 saturated carbocycles. The molecule has 1 fully saturated rings. The Hall–Kier alpha value is -3.27. The fourth-order valence-corrected chi connectivity index (χ4v) is 4.27. The van der Waals surface area contributed by atoms with E-state index in [9.17, 15) is 23.2 Å². The van der Waals surface area contributed by atoms with Crippen molar-refractivity contribution in [2.45, 2.75) is 65.0 Å². The van der Waals surface area contributed by atoms with Crippen LogP contribution >= 0.6 is 11.6 Å². The van der Waals surface area contributed by atoms with E-state index >= 15 is 0 Å². The second-order valence-corrected chi connectivity index (χ2v) is 10.7. The number of benzene rings is 1. The van der Waals surface area contributed by atoms with Gasteiger partial charge in [-0.1, -0.05) is 30.7 Å². The summed E-state index contributed by atoms with van der Waals surface area (Å²) in [7, 11) is 0. The number of likely N-dealkylation sites (tertiary alicyclic amines) is 1. The van der Waals surface area contributed by atoms with Gasteiger partial charge in [0, 0.05) is 29.9 Å². The van der Waals surface area contributed by atoms with E-state index in [0.717, 1.165) is 0 Å². The molecule has 1 aliphatic rings. The number of nitrogens with one attached hydrogen (secondary N) is 2. The van der Waals surface area contributed by atoms with Crippen molar-refractivity contribution < 1.29 is 27.9 Å². The topological polar surface area (TPSA) is 101 Å². The Bertz CT molecular complexity index is 1190. The van der Waals surface area contributed by atoms with Gasteiger partial charge in [-0.05, 0) is 63.4 Å². The van der Waals surface area contributed by atoms with E-state index in [1.165, 1.54) is 24.1 Å². The molecular weight excluding hydrogens is 506 g/mol. The number of anilines is 2. The molecule has 37 heavy (non-hydrogen) atoms. The maximum absolute atomic E-state index is 14.6. The van der Waals surface area contributed by atoms with Crippen molar-refractivity contribution in [3.8, 4) is 0 Å². The van der Waals surface area contributed by atoms with Gasteiger partial charge >= 0.3 is 17.9 Å². The van der Waals surface area contributed by atoms with Crippen LogP contribution in [0.25, 0.3) is 0 Å². The van der Waals surface area contributed by atoms with Crippen LogP contribution in [0.1, 0.15) is 45.2 Å². The van der Waals surface area contributed by atoms with Gasteiger partial charge in [0.05, 0.1) is 11.9 Å². The van der Waals surface area contributed by atoms with Gasteiger partial charge in [-0.2, -0.15) is 0 Å². The monoisotopic (exact) mass is 536 g/mol. The number of ether oxygens (including phenoxy) is 1. The van der Waals surface area contributed by atoms with Crippen LogP contribution in [0.4, 0.5) is 25.1 Å². The summed E-state index contributed by atoms with van der Waals surface area (Å²) in [4.78, 5) is 43.3. The highest BCUT2D eigenvalue weighted by Gasteiger charge is 2.48. The number of halogens is 3. The second-order valence-electron chi connectivity index (χ2n) is 10.3. The largest absolute Gasteiger partial charge is 0.444 e. The van der Waals surface area contributed by atoms with Crippen LogP contribution in [-0.4, -0.2) is 51.9 Å². The Morgan fingerprint density at radius 1 is 1.22 bits per heavy atom. The zero-order valence-corrected chi connectivity index (χ0v) is 22.2. The standard InChI is InChI=1S/C26H31ClF2N4O4/c1-15-9-19(13-30-21(15)32-24(36)37-25(3,4)5)31-22(34)23(35)33-14-16(2)26(28,29)12-20(33)11-17-7-6-8-18(27)10-17/h6-10,13,16,20H,11-12,14H2,1-5H3,(H,31,34)(H,30,32,36)/t16-,20?/m1/s1. The Morgan fingerprint density at radius 2 is 1.92 bits per heavy atom. The fraction of sp³-hybridized carbons (Fsp3) is 0.462. The van der Waals surface area contributed by atoms with Crippen LogP contribution in [0, 0.1) is 12.8 Å². The molecule has 0 aliphatic carbocycles. The summed E-state index contributed by atoms with van der Waals surface area (Å²) in [6.45, 7) is 7.94. The van der Waals surface area contributed by atoms with E-state index < -0.39 is 47.8 Å². The number of hydrogen-bond acceptors (Lipinski definition) is 5. The van der Waals surface area contributed by atoms with Gasteiger partial charge in [0.15, 0.2) is 0 Å². The molecule has 2 N–H and O–H groups in total. The summed E-state index contributed by atoms with van der Waals surface area (Å²) in [5.41, 5.74) is 0.731. The first kappa shape index (κ1) is 28.3. The minimum atomic E-state index is -2.98. The van der Waals surface area contributed by atoms with Crippen LogP contribution in [0.15, 0.2) is 36.5 Å². The van der Waals surface area contributed by atoms with E-state index in [0.29, 0.717) is 16.1 Å². The van der Waals surface area contributed by atoms with Crippen LogP contribution < -0.4 is 10.6 Å². The smallest absolute Gasteiger partial charge is 0.413 e. The second kappa shape index (κ2) is 11.0. The van der Waals surface area contributed by atoms with Crippen molar-refractivity contribution in [2.75, 3.05) is 17.2 Å². The lowest BCUT2D eigenvalue weighted by Gasteiger charge is -2.42. The number of carbonyl (C=O) groups excluding carboxylic acids is 3. The number of aryl methyl sites for hydroxylation is 1. The highest BCUT2D eigenvalue weighted by atomic mass is 35.5. The molecule has 200 valence electrons. The molecular formula is C26H31ClF2N4O4. The minimum Gasteiger partial charge on any atom is -0.444 e. The fourth-order valence-electron chi connectivity index (χ4n) is 4.06. The van der Waals surface area contributed by atoms with Crippen LogP contribution in [0.2, 0.25) is 5.02 Å². The van der Waals surface area contributed by atoms with Gasteiger partial charge in [-0.15, -0.1) is 0 Å². The minimum absolute atomic E-state index is 0.133. The molecule has 11 heteroatoms. The van der Waals surface area contributed by atoms with Crippen molar-refractivity contribution in [3.63, 3.8) is 0 Å². The van der Waals surface area contributed by atoms with E-state index in [4.69, 9.17) is 16.3 Å². The quantitative estimate of drug-likeness (QED) is 0.506. The van der Waals surface area contributed by atoms with E-state index in [1.807, 2.05) is 0 Å². The third-order valence-electron chi connectivity index (χ3n) is 5.91. The molecule has 2 heterocycles. The Morgan fingerprint density at radius 3 is 2.54 bits per heavy atom. The van der Waals surface area contributed by atoms with E-state index in [2.05, 4.69) is 15.6 Å². The maximum Gasteiger partial charge on any atom is 0.413 e. The maximum atomic E-state index is 14.6. The third-order valence-corrected chi connectivity index (χ3v) is 6.15. The summed E-state index contributed by atoms with van der Waals surface area (Å²) >= 11 is 6.03. The average molecular weight is 537 g/mol. The molecule has 8 nitrogen and oxygen atoms in total. The lowest BCUT2D eigenvalue weighted by Crippen LogP contribution is -2.57. The van der Waals surface area contributed by atoms with Gasteiger partial charge in [0.25, 0.3) is 5.92 Å². The Labute approximate surface area is 219 Å². The number of carbonyl (C=O) groups is 3. The predicted molar refractivity (Wildman–Crippen MR) is 137 cm³/mol. The first-order valence-corrected chi connectivity index (χ1v) is 12.2. The van der Waals surface area contributed by atoms with Gasteiger partial charge < -0.3 is 15.0 Å². The molecule has 1 saturated heterocycles. The van der Waals surface area contributed by atoms with Crippen LogP contribution in [0.5, 0.6) is 0 Å². The molecule has 0 bridgehead atoms. The van der Waals surface area contributed by atoms with Gasteiger partial charge in [0.1, 0.15) is 11.4 Å². The lowest BCUT2D eigenvalue weighted by molar-refractivity contribution is -0.158. The number of nitrogens with zero attached hydrogens (tertiary/aromatic N) is 2. The number of alkyl halides is 2. The van der Waals surface area contributed by atoms with Crippen molar-refractivity contribution in [2.24, 2.45) is 5.92 Å². The first-order chi connectivity index (χ1) is 17.1. The molecule has 2 aromatic rings. The normalized spacial score (nSPS) is 19.2. The number of rotatable bonds is 4. The summed E-state index contributed by atoms with van der Waals surface area (Å²) in [5, 5.41) is 5.46. The zero-order valence-electron chi connectivity index (χ0n) is 21.4. The van der Waals surface area contributed by atoms with Gasteiger partial charge in [-0.25, -0.2) is 18.6 Å². The van der Waals surface area contributed by atoms with Crippen molar-refractivity contribution in [3.05, 3.63) is 52.7 Å². The van der Waals surface area contributed by atoms with Gasteiger partial charge in [0.2, 0.25) is 0 Å². The molecule has 3 rings (SSSR count). The molecule has 1 aliphatic heterocycles. The highest BCUT2D eigenvalue weighted by Crippen LogP contribution is 2.37. The Balaban J connectivity index is 1.72. The first-order valence-electron chi connectivity index (χ1n) is 11.9. The number of piperidine rings is 1. The number of pyridine rings is 1. The highest BCUT2D eigenvalue weighted by molar-refractivity contribution is 6.39. The van der Waals surface area contributed by atoms with Crippen molar-refractivity contribution in [1.82, 2.24) is 9.88 Å².